The molecule has 174 valence electrons. The Labute approximate surface area is 197 Å². The van der Waals surface area contributed by atoms with Gasteiger partial charge in [-0.15, -0.1) is 0 Å². The third-order valence-electron chi connectivity index (χ3n) is 6.51. The van der Waals surface area contributed by atoms with E-state index in [4.69, 9.17) is 0 Å². The molecule has 4 rings (SSSR count). The Bertz CT molecular complexity index is 1030. The second kappa shape index (κ2) is 11.2. The minimum absolute atomic E-state index is 0.0762. The molecule has 33 heavy (non-hydrogen) atoms. The summed E-state index contributed by atoms with van der Waals surface area (Å²) < 4.78 is 0. The van der Waals surface area contributed by atoms with Crippen LogP contribution in [0.15, 0.2) is 55.0 Å². The summed E-state index contributed by atoms with van der Waals surface area (Å²) >= 11 is 0. The standard InChI is InChI=1S/C27H35N5O/c1-3-5-12-26-29-18-24(30-26)20-31-14-15-32(4-2)27(33)23(19-31)16-21-9-6-7-11-25(21)22-10-8-13-28-17-22/h6-11,13,17-18,23H,3-5,12,14-16,19-20H2,1-2H3,(H,29,30). The first kappa shape index (κ1) is 23.2. The molecule has 1 atom stereocenters. The second-order valence-electron chi connectivity index (χ2n) is 8.91. The third-order valence-corrected chi connectivity index (χ3v) is 6.51. The van der Waals surface area contributed by atoms with Crippen molar-refractivity contribution in [1.29, 1.82) is 0 Å². The van der Waals surface area contributed by atoms with Gasteiger partial charge in [0, 0.05) is 69.0 Å². The highest BCUT2D eigenvalue weighted by Gasteiger charge is 2.30. The lowest BCUT2D eigenvalue weighted by molar-refractivity contribution is -0.134. The number of aromatic amines is 1. The molecule has 1 fully saturated rings. The molecule has 0 radical (unpaired) electrons. The molecule has 0 saturated carbocycles. The first-order chi connectivity index (χ1) is 16.2. The molecule has 1 aromatic carbocycles. The molecule has 1 aliphatic heterocycles. The number of H-pyrrole nitrogens is 1. The predicted molar refractivity (Wildman–Crippen MR) is 132 cm³/mol. The molecule has 3 aromatic rings. The van der Waals surface area contributed by atoms with Crippen LogP contribution in [0.25, 0.3) is 11.1 Å². The lowest BCUT2D eigenvalue weighted by Crippen LogP contribution is -2.37. The van der Waals surface area contributed by atoms with Crippen LogP contribution in [0.4, 0.5) is 0 Å². The van der Waals surface area contributed by atoms with Crippen LogP contribution in [0.3, 0.4) is 0 Å². The topological polar surface area (TPSA) is 65.1 Å². The number of amides is 1. The Kier molecular flexibility index (Phi) is 7.89. The highest BCUT2D eigenvalue weighted by atomic mass is 16.2. The number of nitrogens with zero attached hydrogens (tertiary/aromatic N) is 4. The van der Waals surface area contributed by atoms with Crippen LogP contribution in [0.5, 0.6) is 0 Å². The fraction of sp³-hybridized carbons (Fsp3) is 0.444. The Balaban J connectivity index is 1.52. The van der Waals surface area contributed by atoms with E-state index in [1.54, 1.807) is 6.20 Å². The molecular formula is C27H35N5O. The summed E-state index contributed by atoms with van der Waals surface area (Å²) in [6.45, 7) is 8.22. The van der Waals surface area contributed by atoms with Crippen molar-refractivity contribution in [3.8, 4) is 11.1 Å². The summed E-state index contributed by atoms with van der Waals surface area (Å²) in [5.41, 5.74) is 4.58. The highest BCUT2D eigenvalue weighted by molar-refractivity contribution is 5.80. The number of rotatable bonds is 9. The number of pyridine rings is 1. The lowest BCUT2D eigenvalue weighted by Gasteiger charge is -2.24. The summed E-state index contributed by atoms with van der Waals surface area (Å²) in [6.07, 6.45) is 9.68. The fourth-order valence-corrected chi connectivity index (χ4v) is 4.69. The molecule has 1 amide bonds. The van der Waals surface area contributed by atoms with E-state index in [1.807, 2.05) is 23.4 Å². The van der Waals surface area contributed by atoms with Crippen molar-refractivity contribution in [3.63, 3.8) is 0 Å². The monoisotopic (exact) mass is 445 g/mol. The summed E-state index contributed by atoms with van der Waals surface area (Å²) in [4.78, 5) is 30.2. The van der Waals surface area contributed by atoms with Gasteiger partial charge in [0.05, 0.1) is 5.92 Å². The van der Waals surface area contributed by atoms with E-state index in [0.29, 0.717) is 0 Å². The first-order valence-electron chi connectivity index (χ1n) is 12.2. The number of unbranched alkanes of at least 4 members (excludes halogenated alkanes) is 1. The maximum atomic E-state index is 13.4. The van der Waals surface area contributed by atoms with Crippen molar-refractivity contribution in [2.75, 3.05) is 26.2 Å². The Morgan fingerprint density at radius 2 is 1.97 bits per heavy atom. The number of hydrogen-bond acceptors (Lipinski definition) is 4. The van der Waals surface area contributed by atoms with E-state index in [-0.39, 0.29) is 11.8 Å². The van der Waals surface area contributed by atoms with Crippen molar-refractivity contribution >= 4 is 5.91 Å². The van der Waals surface area contributed by atoms with Crippen LogP contribution >= 0.6 is 0 Å². The molecule has 3 heterocycles. The zero-order chi connectivity index (χ0) is 23.0. The van der Waals surface area contributed by atoms with Crippen LogP contribution in [0, 0.1) is 5.92 Å². The van der Waals surface area contributed by atoms with Crippen molar-refractivity contribution in [3.05, 3.63) is 72.1 Å². The van der Waals surface area contributed by atoms with Gasteiger partial charge in [-0.2, -0.15) is 0 Å². The smallest absolute Gasteiger partial charge is 0.227 e. The molecule has 1 saturated heterocycles. The number of benzene rings is 1. The molecule has 1 unspecified atom stereocenters. The number of likely N-dealkylation sites (N-methyl/N-ethyl adjacent to an activating group) is 1. The number of carbonyl (C=O) groups is 1. The second-order valence-corrected chi connectivity index (χ2v) is 8.91. The number of nitrogens with one attached hydrogen (secondary N) is 1. The molecule has 1 aliphatic rings. The predicted octanol–water partition coefficient (Wildman–Crippen LogP) is 4.34. The van der Waals surface area contributed by atoms with Crippen LogP contribution in [-0.4, -0.2) is 56.8 Å². The largest absolute Gasteiger partial charge is 0.345 e. The van der Waals surface area contributed by atoms with E-state index in [0.717, 1.165) is 74.6 Å². The molecule has 6 heteroatoms. The molecule has 0 bridgehead atoms. The summed E-state index contributed by atoms with van der Waals surface area (Å²) in [5.74, 6) is 1.25. The maximum Gasteiger partial charge on any atom is 0.227 e. The Morgan fingerprint density at radius 1 is 1.09 bits per heavy atom. The Morgan fingerprint density at radius 3 is 2.76 bits per heavy atom. The van der Waals surface area contributed by atoms with Gasteiger partial charge in [-0.05, 0) is 37.0 Å². The molecule has 1 N–H and O–H groups in total. The van der Waals surface area contributed by atoms with Crippen molar-refractivity contribution in [2.24, 2.45) is 5.92 Å². The molecule has 0 aliphatic carbocycles. The number of aromatic nitrogens is 3. The number of aryl methyl sites for hydroxylation is 1. The zero-order valence-corrected chi connectivity index (χ0v) is 19.8. The quantitative estimate of drug-likeness (QED) is 0.532. The first-order valence-corrected chi connectivity index (χ1v) is 12.2. The molecular weight excluding hydrogens is 410 g/mol. The van der Waals surface area contributed by atoms with Gasteiger partial charge in [0.25, 0.3) is 0 Å². The van der Waals surface area contributed by atoms with Crippen LogP contribution < -0.4 is 0 Å². The van der Waals surface area contributed by atoms with Gasteiger partial charge >= 0.3 is 0 Å². The number of carbonyl (C=O) groups excluding carboxylic acids is 1. The average Bonchev–Trinajstić information content (AvgIpc) is 3.24. The summed E-state index contributed by atoms with van der Waals surface area (Å²) in [6, 6.07) is 12.4. The normalized spacial score (nSPS) is 17.3. The van der Waals surface area contributed by atoms with E-state index in [9.17, 15) is 4.79 Å². The fourth-order valence-electron chi connectivity index (χ4n) is 4.69. The van der Waals surface area contributed by atoms with E-state index < -0.39 is 0 Å². The Hall–Kier alpha value is -2.99. The molecule has 6 nitrogen and oxygen atoms in total. The summed E-state index contributed by atoms with van der Waals surface area (Å²) in [5, 5.41) is 0. The average molecular weight is 446 g/mol. The van der Waals surface area contributed by atoms with Gasteiger partial charge in [-0.1, -0.05) is 43.7 Å². The minimum atomic E-state index is -0.0762. The maximum absolute atomic E-state index is 13.4. The molecule has 2 aromatic heterocycles. The van der Waals surface area contributed by atoms with Gasteiger partial charge < -0.3 is 9.88 Å². The zero-order valence-electron chi connectivity index (χ0n) is 19.8. The van der Waals surface area contributed by atoms with Gasteiger partial charge in [-0.3, -0.25) is 14.7 Å². The van der Waals surface area contributed by atoms with E-state index in [2.05, 4.69) is 64.0 Å². The number of imidazole rings is 1. The van der Waals surface area contributed by atoms with Crippen LogP contribution in [0.1, 0.15) is 43.8 Å². The highest BCUT2D eigenvalue weighted by Crippen LogP contribution is 2.27. The van der Waals surface area contributed by atoms with E-state index in [1.165, 1.54) is 12.0 Å². The van der Waals surface area contributed by atoms with Gasteiger partial charge in [0.2, 0.25) is 5.91 Å². The van der Waals surface area contributed by atoms with Crippen LogP contribution in [0.2, 0.25) is 0 Å². The van der Waals surface area contributed by atoms with Gasteiger partial charge in [0.15, 0.2) is 0 Å². The van der Waals surface area contributed by atoms with Gasteiger partial charge in [-0.25, -0.2) is 4.98 Å². The third kappa shape index (κ3) is 5.88. The van der Waals surface area contributed by atoms with Gasteiger partial charge in [0.1, 0.15) is 5.82 Å². The number of hydrogen-bond donors (Lipinski definition) is 1. The van der Waals surface area contributed by atoms with E-state index >= 15 is 0 Å². The van der Waals surface area contributed by atoms with Crippen molar-refractivity contribution < 1.29 is 4.79 Å². The van der Waals surface area contributed by atoms with Crippen molar-refractivity contribution in [2.45, 2.75) is 46.1 Å². The summed E-state index contributed by atoms with van der Waals surface area (Å²) in [7, 11) is 0. The SMILES string of the molecule is CCCCc1ncc(CN2CCN(CC)C(=O)C(Cc3ccccc3-c3cccnc3)C2)[nH]1. The van der Waals surface area contributed by atoms with Crippen molar-refractivity contribution in [1.82, 2.24) is 24.8 Å². The lowest BCUT2D eigenvalue weighted by atomic mass is 9.91. The minimum Gasteiger partial charge on any atom is -0.345 e. The van der Waals surface area contributed by atoms with Crippen LogP contribution in [-0.2, 0) is 24.2 Å². The molecule has 0 spiro atoms.